The van der Waals surface area contributed by atoms with E-state index in [2.05, 4.69) is 0 Å². The zero-order valence-electron chi connectivity index (χ0n) is 11.7. The van der Waals surface area contributed by atoms with Crippen LogP contribution in [-0.4, -0.2) is 40.9 Å². The molecular formula is C13H22N2O4. The molecule has 19 heavy (non-hydrogen) atoms. The van der Waals surface area contributed by atoms with E-state index in [9.17, 15) is 14.4 Å². The zero-order valence-corrected chi connectivity index (χ0v) is 11.7. The summed E-state index contributed by atoms with van der Waals surface area (Å²) in [7, 11) is 0. The first-order chi connectivity index (χ1) is 8.73. The molecule has 3 N–H and O–H groups in total. The molecule has 2 unspecified atom stereocenters. The molecule has 108 valence electrons. The standard InChI is InChI=1S/C13H22N2O4/c1-4-5-6-15(7-8(14)16)11(17)9-10(12(18)19)13(9,2)3/h9-10H,4-7H2,1-3H3,(H2,14,16)(H,18,19). The first kappa shape index (κ1) is 15.5. The lowest BCUT2D eigenvalue weighted by atomic mass is 10.1. The van der Waals surface area contributed by atoms with Crippen LogP contribution in [0.15, 0.2) is 0 Å². The lowest BCUT2D eigenvalue weighted by molar-refractivity contribution is -0.142. The van der Waals surface area contributed by atoms with E-state index >= 15 is 0 Å². The maximum absolute atomic E-state index is 12.3. The minimum absolute atomic E-state index is 0.141. The van der Waals surface area contributed by atoms with Gasteiger partial charge in [0.25, 0.3) is 0 Å². The summed E-state index contributed by atoms with van der Waals surface area (Å²) in [5, 5.41) is 9.09. The van der Waals surface area contributed by atoms with Crippen molar-refractivity contribution in [2.45, 2.75) is 33.6 Å². The Labute approximate surface area is 112 Å². The van der Waals surface area contributed by atoms with E-state index in [0.717, 1.165) is 12.8 Å². The Morgan fingerprint density at radius 2 is 1.84 bits per heavy atom. The predicted octanol–water partition coefficient (Wildman–Crippen LogP) is 0.457. The van der Waals surface area contributed by atoms with Gasteiger partial charge in [0.15, 0.2) is 0 Å². The summed E-state index contributed by atoms with van der Waals surface area (Å²) in [6, 6.07) is 0. The molecule has 0 aromatic carbocycles. The highest BCUT2D eigenvalue weighted by atomic mass is 16.4. The molecule has 0 spiro atoms. The van der Waals surface area contributed by atoms with Gasteiger partial charge in [-0.25, -0.2) is 0 Å². The predicted molar refractivity (Wildman–Crippen MR) is 69.1 cm³/mol. The Kier molecular flexibility index (Phi) is 4.55. The van der Waals surface area contributed by atoms with Crippen molar-refractivity contribution in [2.75, 3.05) is 13.1 Å². The minimum Gasteiger partial charge on any atom is -0.481 e. The highest BCUT2D eigenvalue weighted by Gasteiger charge is 2.66. The van der Waals surface area contributed by atoms with Crippen LogP contribution >= 0.6 is 0 Å². The van der Waals surface area contributed by atoms with Crippen molar-refractivity contribution in [1.82, 2.24) is 4.90 Å². The molecule has 0 bridgehead atoms. The lowest BCUT2D eigenvalue weighted by Crippen LogP contribution is -2.40. The molecule has 1 fully saturated rings. The van der Waals surface area contributed by atoms with Crippen LogP contribution in [0.3, 0.4) is 0 Å². The fourth-order valence-corrected chi connectivity index (χ4v) is 2.56. The number of unbranched alkanes of at least 4 members (excludes halogenated alkanes) is 1. The van der Waals surface area contributed by atoms with Crippen LogP contribution in [0.5, 0.6) is 0 Å². The molecule has 0 saturated heterocycles. The van der Waals surface area contributed by atoms with Gasteiger partial charge >= 0.3 is 5.97 Å². The highest BCUT2D eigenvalue weighted by molar-refractivity contribution is 5.93. The molecule has 2 amide bonds. The van der Waals surface area contributed by atoms with E-state index in [4.69, 9.17) is 10.8 Å². The molecule has 0 heterocycles. The summed E-state index contributed by atoms with van der Waals surface area (Å²) < 4.78 is 0. The Morgan fingerprint density at radius 3 is 2.21 bits per heavy atom. The number of hydrogen-bond donors (Lipinski definition) is 2. The van der Waals surface area contributed by atoms with Gasteiger partial charge in [-0.15, -0.1) is 0 Å². The van der Waals surface area contributed by atoms with Crippen LogP contribution in [0.2, 0.25) is 0 Å². The number of carbonyl (C=O) groups is 3. The largest absolute Gasteiger partial charge is 0.481 e. The van der Waals surface area contributed by atoms with E-state index < -0.39 is 29.1 Å². The second-order valence-corrected chi connectivity index (χ2v) is 5.69. The number of carboxylic acids is 1. The van der Waals surface area contributed by atoms with E-state index in [1.807, 2.05) is 6.92 Å². The Balaban J connectivity index is 2.77. The van der Waals surface area contributed by atoms with Crippen LogP contribution in [-0.2, 0) is 14.4 Å². The van der Waals surface area contributed by atoms with E-state index in [1.165, 1.54) is 4.90 Å². The first-order valence-electron chi connectivity index (χ1n) is 6.53. The Hall–Kier alpha value is -1.59. The fraction of sp³-hybridized carbons (Fsp3) is 0.769. The Bertz CT molecular complexity index is 392. The number of amides is 2. The molecule has 2 atom stereocenters. The third-order valence-electron chi connectivity index (χ3n) is 3.80. The van der Waals surface area contributed by atoms with Gasteiger partial charge in [-0.1, -0.05) is 27.2 Å². The van der Waals surface area contributed by atoms with Crippen molar-refractivity contribution in [3.05, 3.63) is 0 Å². The minimum atomic E-state index is -0.960. The third kappa shape index (κ3) is 3.24. The molecule has 0 aromatic heterocycles. The van der Waals surface area contributed by atoms with Crippen LogP contribution < -0.4 is 5.73 Å². The van der Waals surface area contributed by atoms with Gasteiger partial charge in [-0.3, -0.25) is 14.4 Å². The van der Waals surface area contributed by atoms with Crippen LogP contribution in [0.4, 0.5) is 0 Å². The first-order valence-corrected chi connectivity index (χ1v) is 6.53. The number of primary amides is 1. The normalized spacial score (nSPS) is 23.7. The quantitative estimate of drug-likeness (QED) is 0.701. The van der Waals surface area contributed by atoms with Crippen LogP contribution in [0.1, 0.15) is 33.6 Å². The Morgan fingerprint density at radius 1 is 1.26 bits per heavy atom. The van der Waals surface area contributed by atoms with Gasteiger partial charge in [0.2, 0.25) is 11.8 Å². The van der Waals surface area contributed by atoms with Crippen molar-refractivity contribution in [1.29, 1.82) is 0 Å². The van der Waals surface area contributed by atoms with Crippen molar-refractivity contribution < 1.29 is 19.5 Å². The molecule has 1 aliphatic rings. The average molecular weight is 270 g/mol. The van der Waals surface area contributed by atoms with Crippen molar-refractivity contribution >= 4 is 17.8 Å². The van der Waals surface area contributed by atoms with Crippen molar-refractivity contribution in [2.24, 2.45) is 23.0 Å². The maximum Gasteiger partial charge on any atom is 0.307 e. The SMILES string of the molecule is CCCCN(CC(N)=O)C(=O)C1C(C(=O)O)C1(C)C. The second kappa shape index (κ2) is 5.59. The fourth-order valence-electron chi connectivity index (χ4n) is 2.56. The number of hydrogen-bond acceptors (Lipinski definition) is 3. The number of carbonyl (C=O) groups excluding carboxylic acids is 2. The molecule has 1 aliphatic carbocycles. The third-order valence-corrected chi connectivity index (χ3v) is 3.80. The van der Waals surface area contributed by atoms with Gasteiger partial charge in [0.1, 0.15) is 0 Å². The summed E-state index contributed by atoms with van der Waals surface area (Å²) in [6.07, 6.45) is 1.66. The summed E-state index contributed by atoms with van der Waals surface area (Å²) >= 11 is 0. The van der Waals surface area contributed by atoms with Crippen LogP contribution in [0, 0.1) is 17.3 Å². The molecule has 0 aliphatic heterocycles. The molecule has 0 radical (unpaired) electrons. The molecule has 1 rings (SSSR count). The number of aliphatic carboxylic acids is 1. The van der Waals surface area contributed by atoms with Crippen molar-refractivity contribution in [3.8, 4) is 0 Å². The summed E-state index contributed by atoms with van der Waals surface area (Å²) in [5.41, 5.74) is 4.59. The topological polar surface area (TPSA) is 101 Å². The van der Waals surface area contributed by atoms with E-state index in [1.54, 1.807) is 13.8 Å². The lowest BCUT2D eigenvalue weighted by Gasteiger charge is -2.21. The maximum atomic E-state index is 12.3. The van der Waals surface area contributed by atoms with Gasteiger partial charge in [-0.2, -0.15) is 0 Å². The summed E-state index contributed by atoms with van der Waals surface area (Å²) in [6.45, 7) is 5.80. The van der Waals surface area contributed by atoms with Gasteiger partial charge in [0, 0.05) is 6.54 Å². The number of nitrogens with two attached hydrogens (primary N) is 1. The monoisotopic (exact) mass is 270 g/mol. The molecule has 6 nitrogen and oxygen atoms in total. The molecule has 0 aromatic rings. The van der Waals surface area contributed by atoms with E-state index in [0.29, 0.717) is 6.54 Å². The summed E-state index contributed by atoms with van der Waals surface area (Å²) in [4.78, 5) is 35.8. The molecule has 1 saturated carbocycles. The highest BCUT2D eigenvalue weighted by Crippen LogP contribution is 2.59. The molecule has 6 heteroatoms. The van der Waals surface area contributed by atoms with Crippen LogP contribution in [0.25, 0.3) is 0 Å². The van der Waals surface area contributed by atoms with Crippen molar-refractivity contribution in [3.63, 3.8) is 0 Å². The number of carboxylic acid groups (broad SMARTS) is 1. The number of rotatable bonds is 7. The average Bonchev–Trinajstić information content (AvgIpc) is 2.86. The zero-order chi connectivity index (χ0) is 14.8. The number of nitrogens with zero attached hydrogens (tertiary/aromatic N) is 1. The van der Waals surface area contributed by atoms with Gasteiger partial charge < -0.3 is 15.7 Å². The summed E-state index contributed by atoms with van der Waals surface area (Å²) in [5.74, 6) is -3.03. The van der Waals surface area contributed by atoms with Gasteiger partial charge in [0.05, 0.1) is 18.4 Å². The van der Waals surface area contributed by atoms with Gasteiger partial charge in [-0.05, 0) is 11.8 Å². The van der Waals surface area contributed by atoms with E-state index in [-0.39, 0.29) is 12.5 Å². The smallest absolute Gasteiger partial charge is 0.307 e. The molecular weight excluding hydrogens is 248 g/mol. The second-order valence-electron chi connectivity index (χ2n) is 5.69.